The van der Waals surface area contributed by atoms with Crippen LogP contribution < -0.4 is 10.6 Å². The number of ether oxygens (including phenoxy) is 1. The van der Waals surface area contributed by atoms with Gasteiger partial charge in [0, 0.05) is 12.2 Å². The van der Waals surface area contributed by atoms with E-state index in [4.69, 9.17) is 4.74 Å². The number of carbonyl (C=O) groups is 1. The zero-order valence-corrected chi connectivity index (χ0v) is 15.7. The first kappa shape index (κ1) is 19.6. The molecule has 2 aromatic heterocycles. The topological polar surface area (TPSA) is 115 Å². The molecule has 0 saturated heterocycles. The van der Waals surface area contributed by atoms with E-state index in [1.54, 1.807) is 19.2 Å². The SMILES string of the molecule is Cc1nnc(Nc2ccc(C[C@H](NC(C)C)C(=O)OC(C)C)cn2)nn1. The first-order valence-corrected chi connectivity index (χ1v) is 8.56. The van der Waals surface area contributed by atoms with E-state index in [2.05, 4.69) is 36.0 Å². The van der Waals surface area contributed by atoms with Gasteiger partial charge >= 0.3 is 5.97 Å². The molecule has 9 heteroatoms. The van der Waals surface area contributed by atoms with E-state index in [-0.39, 0.29) is 24.1 Å². The fourth-order valence-corrected chi connectivity index (χ4v) is 2.23. The predicted octanol–water partition coefficient (Wildman–Crippen LogP) is 1.57. The number of anilines is 2. The number of carbonyl (C=O) groups excluding carboxylic acids is 1. The molecule has 2 aromatic rings. The Balaban J connectivity index is 2.02. The summed E-state index contributed by atoms with van der Waals surface area (Å²) in [5.74, 6) is 1.08. The molecule has 26 heavy (non-hydrogen) atoms. The van der Waals surface area contributed by atoms with Crippen LogP contribution >= 0.6 is 0 Å². The molecule has 0 aromatic carbocycles. The number of esters is 1. The summed E-state index contributed by atoms with van der Waals surface area (Å²) in [4.78, 5) is 16.6. The van der Waals surface area contributed by atoms with Gasteiger partial charge in [-0.1, -0.05) is 19.9 Å². The van der Waals surface area contributed by atoms with Gasteiger partial charge in [-0.05, 0) is 38.8 Å². The Morgan fingerprint density at radius 2 is 1.81 bits per heavy atom. The van der Waals surface area contributed by atoms with Crippen LogP contribution in [0.25, 0.3) is 0 Å². The highest BCUT2D eigenvalue weighted by atomic mass is 16.5. The average Bonchev–Trinajstić information content (AvgIpc) is 2.57. The zero-order chi connectivity index (χ0) is 19.1. The summed E-state index contributed by atoms with van der Waals surface area (Å²) < 4.78 is 5.33. The van der Waals surface area contributed by atoms with Gasteiger partial charge in [-0.3, -0.25) is 4.79 Å². The summed E-state index contributed by atoms with van der Waals surface area (Å²) in [6.07, 6.45) is 2.04. The van der Waals surface area contributed by atoms with Crippen molar-refractivity contribution in [1.29, 1.82) is 0 Å². The quantitative estimate of drug-likeness (QED) is 0.678. The van der Waals surface area contributed by atoms with E-state index in [0.29, 0.717) is 18.1 Å². The molecule has 0 bridgehead atoms. The van der Waals surface area contributed by atoms with E-state index in [1.165, 1.54) is 0 Å². The average molecular weight is 359 g/mol. The molecule has 0 aliphatic carbocycles. The molecular weight excluding hydrogens is 334 g/mol. The number of rotatable bonds is 8. The van der Waals surface area contributed by atoms with E-state index < -0.39 is 6.04 Å². The Bertz CT molecular complexity index is 702. The van der Waals surface area contributed by atoms with Gasteiger partial charge in [-0.25, -0.2) is 4.98 Å². The van der Waals surface area contributed by atoms with Crippen LogP contribution in [0.4, 0.5) is 11.8 Å². The highest BCUT2D eigenvalue weighted by Gasteiger charge is 2.22. The minimum atomic E-state index is -0.424. The molecule has 2 N–H and O–H groups in total. The third kappa shape index (κ3) is 6.32. The molecule has 0 fully saturated rings. The molecule has 2 rings (SSSR count). The molecule has 0 aliphatic rings. The van der Waals surface area contributed by atoms with Crippen LogP contribution in [0, 0.1) is 6.92 Å². The second kappa shape index (κ2) is 9.14. The highest BCUT2D eigenvalue weighted by Crippen LogP contribution is 2.12. The molecule has 0 radical (unpaired) electrons. The summed E-state index contributed by atoms with van der Waals surface area (Å²) in [5, 5.41) is 21.6. The van der Waals surface area contributed by atoms with Gasteiger partial charge < -0.3 is 15.4 Å². The van der Waals surface area contributed by atoms with Gasteiger partial charge in [0.25, 0.3) is 5.95 Å². The second-order valence-corrected chi connectivity index (χ2v) is 6.51. The fraction of sp³-hybridized carbons (Fsp3) is 0.529. The maximum atomic E-state index is 12.3. The maximum absolute atomic E-state index is 12.3. The molecule has 9 nitrogen and oxygen atoms in total. The summed E-state index contributed by atoms with van der Waals surface area (Å²) in [5.41, 5.74) is 0.912. The van der Waals surface area contributed by atoms with Crippen LogP contribution in [0.1, 0.15) is 39.1 Å². The number of nitrogens with zero attached hydrogens (tertiary/aromatic N) is 5. The van der Waals surface area contributed by atoms with Crippen LogP contribution in [-0.4, -0.2) is 49.5 Å². The van der Waals surface area contributed by atoms with Gasteiger partial charge in [0.1, 0.15) is 11.9 Å². The number of hydrogen-bond donors (Lipinski definition) is 2. The first-order chi connectivity index (χ1) is 12.3. The number of pyridine rings is 1. The van der Waals surface area contributed by atoms with Crippen molar-refractivity contribution >= 4 is 17.7 Å². The van der Waals surface area contributed by atoms with E-state index in [9.17, 15) is 4.79 Å². The van der Waals surface area contributed by atoms with Gasteiger partial charge in [-0.2, -0.15) is 0 Å². The lowest BCUT2D eigenvalue weighted by Gasteiger charge is -2.21. The summed E-state index contributed by atoms with van der Waals surface area (Å²) in [6.45, 7) is 9.37. The smallest absolute Gasteiger partial charge is 0.323 e. The molecule has 0 spiro atoms. The Labute approximate surface area is 153 Å². The summed E-state index contributed by atoms with van der Waals surface area (Å²) in [7, 11) is 0. The van der Waals surface area contributed by atoms with Crippen LogP contribution in [0.15, 0.2) is 18.3 Å². The molecule has 0 amide bonds. The van der Waals surface area contributed by atoms with Crippen molar-refractivity contribution in [3.8, 4) is 0 Å². The lowest BCUT2D eigenvalue weighted by atomic mass is 10.1. The second-order valence-electron chi connectivity index (χ2n) is 6.51. The summed E-state index contributed by atoms with van der Waals surface area (Å²) >= 11 is 0. The van der Waals surface area contributed by atoms with Crippen molar-refractivity contribution in [2.75, 3.05) is 5.32 Å². The molecule has 2 heterocycles. The van der Waals surface area contributed by atoms with Crippen molar-refractivity contribution in [1.82, 2.24) is 30.7 Å². The summed E-state index contributed by atoms with van der Waals surface area (Å²) in [6, 6.07) is 3.42. The minimum absolute atomic E-state index is 0.152. The van der Waals surface area contributed by atoms with Crippen LogP contribution in [0.2, 0.25) is 0 Å². The van der Waals surface area contributed by atoms with Gasteiger partial charge in [0.15, 0.2) is 5.82 Å². The third-order valence-corrected chi connectivity index (χ3v) is 3.25. The van der Waals surface area contributed by atoms with Crippen molar-refractivity contribution in [3.05, 3.63) is 29.7 Å². The minimum Gasteiger partial charge on any atom is -0.462 e. The van der Waals surface area contributed by atoms with Crippen LogP contribution in [0.3, 0.4) is 0 Å². The molecule has 0 aliphatic heterocycles. The Morgan fingerprint density at radius 1 is 1.12 bits per heavy atom. The Kier molecular flexibility index (Phi) is 6.90. The van der Waals surface area contributed by atoms with E-state index in [0.717, 1.165) is 5.56 Å². The maximum Gasteiger partial charge on any atom is 0.323 e. The van der Waals surface area contributed by atoms with Crippen molar-refractivity contribution in [2.45, 2.75) is 59.2 Å². The lowest BCUT2D eigenvalue weighted by molar-refractivity contribution is -0.150. The fourth-order valence-electron chi connectivity index (χ4n) is 2.23. The van der Waals surface area contributed by atoms with Crippen LogP contribution in [0.5, 0.6) is 0 Å². The molecular formula is C17H25N7O2. The normalized spacial score (nSPS) is 12.3. The molecule has 140 valence electrons. The molecule has 1 atom stereocenters. The van der Waals surface area contributed by atoms with Crippen LogP contribution in [-0.2, 0) is 16.0 Å². The standard InChI is InChI=1S/C17H25N7O2/c1-10(2)19-14(16(25)26-11(3)4)8-13-6-7-15(18-9-13)20-17-23-21-12(5)22-24-17/h6-7,9-11,14,19H,8H2,1-5H3,(H,18,20,23,24)/t14-/m0/s1. The molecule has 0 unspecified atom stereocenters. The first-order valence-electron chi connectivity index (χ1n) is 8.56. The van der Waals surface area contributed by atoms with Gasteiger partial charge in [-0.15, -0.1) is 20.4 Å². The highest BCUT2D eigenvalue weighted by molar-refractivity contribution is 5.76. The lowest BCUT2D eigenvalue weighted by Crippen LogP contribution is -2.44. The molecule has 0 saturated carbocycles. The monoisotopic (exact) mass is 359 g/mol. The van der Waals surface area contributed by atoms with E-state index in [1.807, 2.05) is 33.8 Å². The van der Waals surface area contributed by atoms with Gasteiger partial charge in [0.2, 0.25) is 0 Å². The number of nitrogens with one attached hydrogen (secondary N) is 2. The predicted molar refractivity (Wildman–Crippen MR) is 96.9 cm³/mol. The largest absolute Gasteiger partial charge is 0.462 e. The Morgan fingerprint density at radius 3 is 2.35 bits per heavy atom. The van der Waals surface area contributed by atoms with Crippen molar-refractivity contribution < 1.29 is 9.53 Å². The number of hydrogen-bond acceptors (Lipinski definition) is 9. The zero-order valence-electron chi connectivity index (χ0n) is 15.7. The third-order valence-electron chi connectivity index (χ3n) is 3.25. The van der Waals surface area contributed by atoms with E-state index >= 15 is 0 Å². The van der Waals surface area contributed by atoms with Crippen molar-refractivity contribution in [2.24, 2.45) is 0 Å². The number of aromatic nitrogens is 5. The number of aryl methyl sites for hydroxylation is 1. The van der Waals surface area contributed by atoms with Gasteiger partial charge in [0.05, 0.1) is 6.10 Å². The van der Waals surface area contributed by atoms with Crippen molar-refractivity contribution in [3.63, 3.8) is 0 Å². The Hall–Kier alpha value is -2.68.